The van der Waals surface area contributed by atoms with Crippen molar-refractivity contribution in [2.45, 2.75) is 52.4 Å². The Morgan fingerprint density at radius 1 is 1.06 bits per heavy atom. The Labute approximate surface area is 201 Å². The molecule has 9 heteroatoms. The normalized spacial score (nSPS) is 11.3. The molecule has 0 atom stereocenters. The summed E-state index contributed by atoms with van der Waals surface area (Å²) in [4.78, 5) is 25.3. The number of carbonyl (C=O) groups excluding carboxylic acids is 1. The topological polar surface area (TPSA) is 77.0 Å². The number of esters is 1. The Balaban J connectivity index is 2.02. The molecule has 35 heavy (non-hydrogen) atoms. The lowest BCUT2D eigenvalue weighted by atomic mass is 9.97. The van der Waals surface area contributed by atoms with Crippen molar-refractivity contribution in [1.29, 1.82) is 5.26 Å². The van der Waals surface area contributed by atoms with Gasteiger partial charge in [0, 0.05) is 17.7 Å². The number of halogens is 3. The minimum Gasteiger partial charge on any atom is -0.465 e. The first-order chi connectivity index (χ1) is 16.7. The van der Waals surface area contributed by atoms with Crippen molar-refractivity contribution in [2.75, 3.05) is 6.61 Å². The van der Waals surface area contributed by atoms with E-state index in [0.29, 0.717) is 28.8 Å². The van der Waals surface area contributed by atoms with Gasteiger partial charge in [0.15, 0.2) is 0 Å². The lowest BCUT2D eigenvalue weighted by molar-refractivity contribution is -0.150. The highest BCUT2D eigenvalue weighted by atomic mass is 19.4. The number of ether oxygens (including phenoxy) is 1. The molecule has 2 aromatic carbocycles. The van der Waals surface area contributed by atoms with E-state index >= 15 is 0 Å². The van der Waals surface area contributed by atoms with E-state index in [9.17, 15) is 28.0 Å². The van der Waals surface area contributed by atoms with E-state index in [4.69, 9.17) is 4.74 Å². The van der Waals surface area contributed by atoms with Gasteiger partial charge >= 0.3 is 12.1 Å². The monoisotopic (exact) mass is 485 g/mol. The number of carbonyl (C=O) groups is 1. The third-order valence-corrected chi connectivity index (χ3v) is 5.54. The maximum atomic E-state index is 13.3. The van der Waals surface area contributed by atoms with Crippen LogP contribution in [0.15, 0.2) is 53.3 Å². The van der Waals surface area contributed by atoms with Gasteiger partial charge in [0.2, 0.25) is 0 Å². The number of aromatic nitrogens is 2. The second kappa shape index (κ2) is 11.1. The van der Waals surface area contributed by atoms with Gasteiger partial charge in [-0.05, 0) is 36.1 Å². The van der Waals surface area contributed by atoms with Crippen LogP contribution in [-0.4, -0.2) is 28.1 Å². The molecule has 0 bridgehead atoms. The third kappa shape index (κ3) is 6.21. The highest BCUT2D eigenvalue weighted by molar-refractivity contribution is 5.70. The van der Waals surface area contributed by atoms with Crippen LogP contribution >= 0.6 is 0 Å². The molecule has 1 aromatic heterocycles. The molecule has 0 radical (unpaired) electrons. The molecule has 0 unspecified atom stereocenters. The summed E-state index contributed by atoms with van der Waals surface area (Å²) in [5.41, 5.74) is 2.69. The maximum absolute atomic E-state index is 13.3. The van der Waals surface area contributed by atoms with Crippen LogP contribution < -0.4 is 5.56 Å². The van der Waals surface area contributed by atoms with E-state index in [1.54, 1.807) is 31.2 Å². The van der Waals surface area contributed by atoms with Crippen molar-refractivity contribution in [3.05, 3.63) is 81.3 Å². The Kier molecular flexibility index (Phi) is 8.18. The quantitative estimate of drug-likeness (QED) is 0.406. The summed E-state index contributed by atoms with van der Waals surface area (Å²) >= 11 is 0. The van der Waals surface area contributed by atoms with Crippen LogP contribution in [0.1, 0.15) is 42.7 Å². The molecule has 0 aliphatic rings. The van der Waals surface area contributed by atoms with Crippen LogP contribution in [0, 0.1) is 11.3 Å². The zero-order valence-corrected chi connectivity index (χ0v) is 19.6. The molecular weight excluding hydrogens is 459 g/mol. The molecule has 0 aliphatic heterocycles. The van der Waals surface area contributed by atoms with E-state index in [-0.39, 0.29) is 18.6 Å². The van der Waals surface area contributed by atoms with E-state index in [2.05, 4.69) is 6.07 Å². The Hall–Kier alpha value is -3.80. The van der Waals surface area contributed by atoms with E-state index in [1.807, 2.05) is 31.2 Å². The van der Waals surface area contributed by atoms with Crippen LogP contribution in [0.5, 0.6) is 0 Å². The van der Waals surface area contributed by atoms with E-state index < -0.39 is 30.8 Å². The molecule has 3 rings (SSSR count). The lowest BCUT2D eigenvalue weighted by Crippen LogP contribution is -2.33. The standard InChI is InChI=1S/C26H26F3N3O3/c1-3-7-23-22(25(34)32(17-26(27,28)29)31(23)16-24(33)35-4-2)14-18-10-12-19(13-11-18)21-9-6-5-8-20(21)15-30/h5-6,8-13H,3-4,7,14,16-17H2,1-2H3. The van der Waals surface area contributed by atoms with Crippen LogP contribution in [0.2, 0.25) is 0 Å². The zero-order chi connectivity index (χ0) is 25.6. The summed E-state index contributed by atoms with van der Waals surface area (Å²) in [6.07, 6.45) is -3.61. The van der Waals surface area contributed by atoms with Gasteiger partial charge in [0.1, 0.15) is 13.1 Å². The van der Waals surface area contributed by atoms with Gasteiger partial charge in [-0.2, -0.15) is 18.4 Å². The SMILES string of the molecule is CCCc1c(Cc2ccc(-c3ccccc3C#N)cc2)c(=O)n(CC(F)(F)F)n1CC(=O)OCC. The zero-order valence-electron chi connectivity index (χ0n) is 19.6. The van der Waals surface area contributed by atoms with Crippen molar-refractivity contribution in [3.8, 4) is 17.2 Å². The van der Waals surface area contributed by atoms with Crippen LogP contribution in [-0.2, 0) is 35.5 Å². The Morgan fingerprint density at radius 3 is 2.34 bits per heavy atom. The molecule has 6 nitrogen and oxygen atoms in total. The molecule has 0 spiro atoms. The van der Waals surface area contributed by atoms with Crippen molar-refractivity contribution in [3.63, 3.8) is 0 Å². The average Bonchev–Trinajstić information content (AvgIpc) is 3.04. The summed E-state index contributed by atoms with van der Waals surface area (Å²) in [6, 6.07) is 16.5. The predicted molar refractivity (Wildman–Crippen MR) is 125 cm³/mol. The molecule has 0 saturated heterocycles. The van der Waals surface area contributed by atoms with Crippen LogP contribution in [0.25, 0.3) is 11.1 Å². The number of hydrogen-bond acceptors (Lipinski definition) is 4. The first-order valence-corrected chi connectivity index (χ1v) is 11.3. The molecule has 184 valence electrons. The summed E-state index contributed by atoms with van der Waals surface area (Å²) < 4.78 is 46.5. The van der Waals surface area contributed by atoms with Gasteiger partial charge in [0.25, 0.3) is 5.56 Å². The molecule has 0 N–H and O–H groups in total. The highest BCUT2D eigenvalue weighted by Gasteiger charge is 2.32. The molecule has 1 heterocycles. The highest BCUT2D eigenvalue weighted by Crippen LogP contribution is 2.25. The van der Waals surface area contributed by atoms with Gasteiger partial charge in [-0.25, -0.2) is 4.68 Å². The van der Waals surface area contributed by atoms with Gasteiger partial charge in [-0.3, -0.25) is 14.3 Å². The minimum atomic E-state index is -4.63. The number of nitriles is 1. The fourth-order valence-electron chi connectivity index (χ4n) is 4.06. The second-order valence-electron chi connectivity index (χ2n) is 8.05. The van der Waals surface area contributed by atoms with Gasteiger partial charge < -0.3 is 4.74 Å². The van der Waals surface area contributed by atoms with Gasteiger partial charge in [-0.15, -0.1) is 0 Å². The summed E-state index contributed by atoms with van der Waals surface area (Å²) in [5, 5.41) is 9.34. The smallest absolute Gasteiger partial charge is 0.408 e. The van der Waals surface area contributed by atoms with Crippen molar-refractivity contribution >= 4 is 5.97 Å². The van der Waals surface area contributed by atoms with Crippen molar-refractivity contribution in [2.24, 2.45) is 0 Å². The fourth-order valence-corrected chi connectivity index (χ4v) is 4.06. The molecular formula is C26H26F3N3O3. The molecule has 0 saturated carbocycles. The third-order valence-electron chi connectivity index (χ3n) is 5.54. The van der Waals surface area contributed by atoms with Crippen LogP contribution in [0.4, 0.5) is 13.2 Å². The fraction of sp³-hybridized carbons (Fsp3) is 0.346. The number of hydrogen-bond donors (Lipinski definition) is 0. The summed E-state index contributed by atoms with van der Waals surface area (Å²) in [6.45, 7) is 1.57. The Morgan fingerprint density at radius 2 is 1.74 bits per heavy atom. The van der Waals surface area contributed by atoms with Gasteiger partial charge in [0.05, 0.1) is 18.2 Å². The largest absolute Gasteiger partial charge is 0.465 e. The molecule has 0 fully saturated rings. The molecule has 3 aromatic rings. The molecule has 0 aliphatic carbocycles. The number of alkyl halides is 3. The van der Waals surface area contributed by atoms with Crippen molar-refractivity contribution < 1.29 is 22.7 Å². The lowest BCUT2D eigenvalue weighted by Gasteiger charge is -2.15. The number of rotatable bonds is 9. The number of benzene rings is 2. The minimum absolute atomic E-state index is 0.0842. The second-order valence-corrected chi connectivity index (χ2v) is 8.05. The predicted octanol–water partition coefficient (Wildman–Crippen LogP) is 4.86. The maximum Gasteiger partial charge on any atom is 0.408 e. The average molecular weight is 486 g/mol. The number of nitrogens with zero attached hydrogens (tertiary/aromatic N) is 3. The van der Waals surface area contributed by atoms with E-state index in [1.165, 1.54) is 0 Å². The summed E-state index contributed by atoms with van der Waals surface area (Å²) in [5.74, 6) is -0.706. The first kappa shape index (κ1) is 25.8. The van der Waals surface area contributed by atoms with Crippen LogP contribution in [0.3, 0.4) is 0 Å². The van der Waals surface area contributed by atoms with Crippen molar-refractivity contribution in [1.82, 2.24) is 9.36 Å². The Bertz CT molecular complexity index is 1280. The van der Waals surface area contributed by atoms with E-state index in [0.717, 1.165) is 21.4 Å². The molecule has 0 amide bonds. The first-order valence-electron chi connectivity index (χ1n) is 11.3. The van der Waals surface area contributed by atoms with Gasteiger partial charge in [-0.1, -0.05) is 55.8 Å². The summed E-state index contributed by atoms with van der Waals surface area (Å²) in [7, 11) is 0.